The molecule has 2 aromatic heterocycles. The summed E-state index contributed by atoms with van der Waals surface area (Å²) >= 11 is 0. The van der Waals surface area contributed by atoms with Crippen molar-refractivity contribution in [1.82, 2.24) is 20.1 Å². The Bertz CT molecular complexity index is 523. The van der Waals surface area contributed by atoms with E-state index in [2.05, 4.69) is 20.7 Å². The summed E-state index contributed by atoms with van der Waals surface area (Å²) in [6, 6.07) is 3.58. The number of aromatic nitrogens is 3. The summed E-state index contributed by atoms with van der Waals surface area (Å²) in [4.78, 5) is 15.5. The number of carbonyl (C=O) groups excluding carboxylic acids is 1. The quantitative estimate of drug-likeness (QED) is 0.753. The van der Waals surface area contributed by atoms with Gasteiger partial charge >= 0.3 is 0 Å². The molecule has 0 saturated heterocycles. The highest BCUT2D eigenvalue weighted by Crippen LogP contribution is 2.01. The van der Waals surface area contributed by atoms with Gasteiger partial charge in [-0.1, -0.05) is 0 Å². The zero-order valence-electron chi connectivity index (χ0n) is 10.8. The van der Waals surface area contributed by atoms with Gasteiger partial charge in [0.05, 0.1) is 31.2 Å². The number of aryl methyl sites for hydroxylation is 1. The molecule has 0 aliphatic carbocycles. The zero-order valence-corrected chi connectivity index (χ0v) is 10.8. The first-order valence-electron chi connectivity index (χ1n) is 6.14. The average Bonchev–Trinajstić information content (AvgIpc) is 2.82. The second-order valence-corrected chi connectivity index (χ2v) is 4.25. The van der Waals surface area contributed by atoms with Crippen molar-refractivity contribution in [1.29, 1.82) is 0 Å². The van der Waals surface area contributed by atoms with Crippen molar-refractivity contribution < 1.29 is 4.79 Å². The number of amides is 1. The Kier molecular flexibility index (Phi) is 4.63. The number of nitrogens with one attached hydrogen (secondary N) is 2. The molecule has 0 saturated carbocycles. The molecule has 0 fully saturated rings. The molecule has 1 amide bonds. The fourth-order valence-electron chi connectivity index (χ4n) is 1.63. The van der Waals surface area contributed by atoms with Gasteiger partial charge in [-0.05, 0) is 24.6 Å². The van der Waals surface area contributed by atoms with Crippen LogP contribution in [0.3, 0.4) is 0 Å². The van der Waals surface area contributed by atoms with Gasteiger partial charge in [-0.2, -0.15) is 5.10 Å². The van der Waals surface area contributed by atoms with E-state index in [9.17, 15) is 4.79 Å². The standard InChI is InChI=1S/C13H17N5O/c1-11-7-16-18(10-11)6-5-15-9-13(19)17-12-3-2-4-14-8-12/h2-4,7-8,10,15H,5-6,9H2,1H3,(H,17,19). The molecule has 6 nitrogen and oxygen atoms in total. The van der Waals surface area contributed by atoms with Crippen LogP contribution < -0.4 is 10.6 Å². The fraction of sp³-hybridized carbons (Fsp3) is 0.308. The summed E-state index contributed by atoms with van der Waals surface area (Å²) in [6.07, 6.45) is 7.07. The van der Waals surface area contributed by atoms with Crippen molar-refractivity contribution in [2.24, 2.45) is 0 Å². The number of pyridine rings is 1. The Hall–Kier alpha value is -2.21. The van der Waals surface area contributed by atoms with E-state index in [0.29, 0.717) is 12.2 Å². The van der Waals surface area contributed by atoms with Gasteiger partial charge in [0, 0.05) is 18.9 Å². The van der Waals surface area contributed by atoms with Crippen LogP contribution in [-0.4, -0.2) is 33.8 Å². The third kappa shape index (κ3) is 4.51. The molecule has 0 aromatic carbocycles. The number of rotatable bonds is 6. The number of nitrogens with zero attached hydrogens (tertiary/aromatic N) is 3. The van der Waals surface area contributed by atoms with Crippen LogP contribution in [0.2, 0.25) is 0 Å². The minimum Gasteiger partial charge on any atom is -0.324 e. The first-order valence-corrected chi connectivity index (χ1v) is 6.14. The summed E-state index contributed by atoms with van der Waals surface area (Å²) in [6.45, 7) is 3.71. The summed E-state index contributed by atoms with van der Waals surface area (Å²) in [5.74, 6) is -0.0790. The third-order valence-corrected chi connectivity index (χ3v) is 2.51. The average molecular weight is 259 g/mol. The lowest BCUT2D eigenvalue weighted by Gasteiger charge is -2.06. The van der Waals surface area contributed by atoms with Crippen LogP contribution >= 0.6 is 0 Å². The van der Waals surface area contributed by atoms with E-state index < -0.39 is 0 Å². The molecule has 0 aliphatic rings. The van der Waals surface area contributed by atoms with Crippen molar-refractivity contribution in [3.05, 3.63) is 42.5 Å². The molecule has 0 radical (unpaired) electrons. The van der Waals surface area contributed by atoms with E-state index >= 15 is 0 Å². The number of anilines is 1. The summed E-state index contributed by atoms with van der Waals surface area (Å²) in [5.41, 5.74) is 1.84. The lowest BCUT2D eigenvalue weighted by Crippen LogP contribution is -2.30. The van der Waals surface area contributed by atoms with Gasteiger partial charge in [0.2, 0.25) is 5.91 Å². The van der Waals surface area contributed by atoms with Crippen LogP contribution in [0.1, 0.15) is 5.56 Å². The van der Waals surface area contributed by atoms with Gasteiger partial charge < -0.3 is 10.6 Å². The maximum Gasteiger partial charge on any atom is 0.238 e. The maximum absolute atomic E-state index is 11.6. The largest absolute Gasteiger partial charge is 0.324 e. The Morgan fingerprint density at radius 3 is 3.00 bits per heavy atom. The molecule has 2 N–H and O–H groups in total. The van der Waals surface area contributed by atoms with Crippen LogP contribution in [0.4, 0.5) is 5.69 Å². The number of hydrogen-bond donors (Lipinski definition) is 2. The predicted octanol–water partition coefficient (Wildman–Crippen LogP) is 0.815. The van der Waals surface area contributed by atoms with Gasteiger partial charge in [-0.25, -0.2) is 0 Å². The topological polar surface area (TPSA) is 71.8 Å². The van der Waals surface area contributed by atoms with Crippen LogP contribution in [0.5, 0.6) is 0 Å². The first-order chi connectivity index (χ1) is 9.24. The third-order valence-electron chi connectivity index (χ3n) is 2.51. The SMILES string of the molecule is Cc1cnn(CCNCC(=O)Nc2cccnc2)c1. The molecule has 0 bridgehead atoms. The molecule has 2 rings (SSSR count). The molecule has 0 unspecified atom stereocenters. The van der Waals surface area contributed by atoms with E-state index in [1.807, 2.05) is 24.0 Å². The van der Waals surface area contributed by atoms with Gasteiger partial charge in [0.1, 0.15) is 0 Å². The minimum atomic E-state index is -0.0790. The van der Waals surface area contributed by atoms with Gasteiger partial charge in [-0.3, -0.25) is 14.5 Å². The molecule has 0 atom stereocenters. The maximum atomic E-state index is 11.6. The van der Waals surface area contributed by atoms with E-state index in [4.69, 9.17) is 0 Å². The second kappa shape index (κ2) is 6.65. The van der Waals surface area contributed by atoms with Crippen molar-refractivity contribution in [3.8, 4) is 0 Å². The lowest BCUT2D eigenvalue weighted by atomic mass is 10.4. The summed E-state index contributed by atoms with van der Waals surface area (Å²) < 4.78 is 1.85. The van der Waals surface area contributed by atoms with E-state index in [1.165, 1.54) is 0 Å². The molecular weight excluding hydrogens is 242 g/mol. The van der Waals surface area contributed by atoms with Gasteiger partial charge in [-0.15, -0.1) is 0 Å². The highest BCUT2D eigenvalue weighted by Gasteiger charge is 2.01. The van der Waals surface area contributed by atoms with Crippen molar-refractivity contribution in [2.75, 3.05) is 18.4 Å². The minimum absolute atomic E-state index is 0.0790. The summed E-state index contributed by atoms with van der Waals surface area (Å²) in [5, 5.41) is 10.00. The van der Waals surface area contributed by atoms with Crippen molar-refractivity contribution >= 4 is 11.6 Å². The molecule has 0 spiro atoms. The van der Waals surface area contributed by atoms with E-state index in [-0.39, 0.29) is 12.5 Å². The zero-order chi connectivity index (χ0) is 13.5. The molecule has 0 aliphatic heterocycles. The number of carbonyl (C=O) groups is 1. The van der Waals surface area contributed by atoms with E-state index in [0.717, 1.165) is 12.1 Å². The first kappa shape index (κ1) is 13.2. The van der Waals surface area contributed by atoms with E-state index in [1.54, 1.807) is 24.5 Å². The van der Waals surface area contributed by atoms with Crippen molar-refractivity contribution in [3.63, 3.8) is 0 Å². The molecule has 2 heterocycles. The highest BCUT2D eigenvalue weighted by molar-refractivity contribution is 5.91. The van der Waals surface area contributed by atoms with Crippen LogP contribution in [0.25, 0.3) is 0 Å². The summed E-state index contributed by atoms with van der Waals surface area (Å²) in [7, 11) is 0. The predicted molar refractivity (Wildman–Crippen MR) is 72.7 cm³/mol. The Morgan fingerprint density at radius 2 is 2.32 bits per heavy atom. The Balaban J connectivity index is 1.64. The van der Waals surface area contributed by atoms with Gasteiger partial charge in [0.15, 0.2) is 0 Å². The second-order valence-electron chi connectivity index (χ2n) is 4.25. The van der Waals surface area contributed by atoms with Crippen LogP contribution in [-0.2, 0) is 11.3 Å². The fourth-order valence-corrected chi connectivity index (χ4v) is 1.63. The highest BCUT2D eigenvalue weighted by atomic mass is 16.1. The molecular formula is C13H17N5O. The Labute approximate surface area is 111 Å². The molecule has 2 aromatic rings. The molecule has 100 valence electrons. The van der Waals surface area contributed by atoms with Crippen molar-refractivity contribution in [2.45, 2.75) is 13.5 Å². The Morgan fingerprint density at radius 1 is 1.42 bits per heavy atom. The smallest absolute Gasteiger partial charge is 0.238 e. The normalized spacial score (nSPS) is 10.4. The molecule has 6 heteroatoms. The van der Waals surface area contributed by atoms with Crippen LogP contribution in [0.15, 0.2) is 36.9 Å². The monoisotopic (exact) mass is 259 g/mol. The number of hydrogen-bond acceptors (Lipinski definition) is 4. The lowest BCUT2D eigenvalue weighted by molar-refractivity contribution is -0.115. The molecule has 19 heavy (non-hydrogen) atoms. The van der Waals surface area contributed by atoms with Gasteiger partial charge in [0.25, 0.3) is 0 Å². The van der Waals surface area contributed by atoms with Crippen LogP contribution in [0, 0.1) is 6.92 Å².